The topological polar surface area (TPSA) is 27.4 Å². The van der Waals surface area contributed by atoms with Crippen LogP contribution in [0.1, 0.15) is 0 Å². The minimum absolute atomic E-state index is 0.594. The SMILES string of the molecule is [C-]#[N+]c1ccc2c(c1)c1cc([N+]#[C-])cc3c4cc5c6cc(-n7c8ccccc8c8ccccc87)cc7c8cc(-n9c%10ccccc%10c%10ccccc%109)ccc8n(c5cc4n2c13)c76. The molecule has 0 fully saturated rings. The van der Waals surface area contributed by atoms with E-state index >= 15 is 0 Å². The molecule has 0 radical (unpaired) electrons. The fourth-order valence-corrected chi connectivity index (χ4v) is 11.3. The first kappa shape index (κ1) is 32.1. The van der Waals surface area contributed by atoms with Crippen molar-refractivity contribution >= 4 is 131 Å². The first-order chi connectivity index (χ1) is 30.7. The zero-order valence-electron chi connectivity index (χ0n) is 32.8. The Hall–Kier alpha value is -8.84. The number of nitrogens with zero attached hydrogens (tertiary/aromatic N) is 6. The molecule has 0 spiro atoms. The number of rotatable bonds is 2. The van der Waals surface area contributed by atoms with E-state index in [2.05, 4.69) is 173 Å². The van der Waals surface area contributed by atoms with Gasteiger partial charge in [0.15, 0.2) is 11.4 Å². The lowest BCUT2D eigenvalue weighted by molar-refractivity contribution is 1.18. The van der Waals surface area contributed by atoms with Gasteiger partial charge in [0.2, 0.25) is 0 Å². The van der Waals surface area contributed by atoms with Crippen LogP contribution in [0.25, 0.3) is 141 Å². The molecular formula is C56H28N6. The van der Waals surface area contributed by atoms with Crippen molar-refractivity contribution in [1.82, 2.24) is 17.9 Å². The van der Waals surface area contributed by atoms with Gasteiger partial charge >= 0.3 is 0 Å². The Morgan fingerprint density at radius 2 is 0.661 bits per heavy atom. The Labute approximate surface area is 351 Å². The van der Waals surface area contributed by atoms with Crippen LogP contribution < -0.4 is 0 Å². The van der Waals surface area contributed by atoms with Gasteiger partial charge in [0.25, 0.3) is 0 Å². The van der Waals surface area contributed by atoms with Crippen molar-refractivity contribution in [3.63, 3.8) is 0 Å². The van der Waals surface area contributed by atoms with E-state index in [-0.39, 0.29) is 0 Å². The second kappa shape index (κ2) is 11.0. The van der Waals surface area contributed by atoms with Gasteiger partial charge in [0, 0.05) is 59.9 Å². The number of aromatic nitrogens is 4. The van der Waals surface area contributed by atoms with Crippen LogP contribution >= 0.6 is 0 Å². The smallest absolute Gasteiger partial charge is 0.188 e. The fraction of sp³-hybridized carbons (Fsp3) is 0. The summed E-state index contributed by atoms with van der Waals surface area (Å²) in [6.07, 6.45) is 0. The summed E-state index contributed by atoms with van der Waals surface area (Å²) in [6.45, 7) is 15.9. The van der Waals surface area contributed by atoms with Crippen LogP contribution in [0.15, 0.2) is 170 Å². The Kier molecular flexibility index (Phi) is 5.71. The molecule has 62 heavy (non-hydrogen) atoms. The molecule has 6 aromatic heterocycles. The van der Waals surface area contributed by atoms with Crippen LogP contribution in [0, 0.1) is 13.1 Å². The molecule has 0 atom stereocenters. The molecule has 0 bridgehead atoms. The van der Waals surface area contributed by atoms with Gasteiger partial charge in [-0.1, -0.05) is 78.9 Å². The van der Waals surface area contributed by atoms with Crippen molar-refractivity contribution in [3.8, 4) is 11.4 Å². The Bertz CT molecular complexity index is 4490. The normalized spacial score (nSPS) is 12.5. The zero-order chi connectivity index (χ0) is 40.5. The predicted molar refractivity (Wildman–Crippen MR) is 257 cm³/mol. The van der Waals surface area contributed by atoms with Crippen molar-refractivity contribution in [1.29, 1.82) is 0 Å². The van der Waals surface area contributed by atoms with Gasteiger partial charge in [-0.25, -0.2) is 9.69 Å². The van der Waals surface area contributed by atoms with Crippen LogP contribution in [-0.4, -0.2) is 17.9 Å². The Morgan fingerprint density at radius 1 is 0.274 bits per heavy atom. The van der Waals surface area contributed by atoms with E-state index in [1.165, 1.54) is 70.7 Å². The first-order valence-corrected chi connectivity index (χ1v) is 20.8. The molecular weight excluding hydrogens is 757 g/mol. The number of benzene rings is 9. The average Bonchev–Trinajstić information content (AvgIpc) is 4.15. The lowest BCUT2D eigenvalue weighted by Gasteiger charge is -2.10. The molecule has 282 valence electrons. The summed E-state index contributed by atoms with van der Waals surface area (Å²) in [4.78, 5) is 7.70. The molecule has 9 aromatic carbocycles. The molecule has 0 aliphatic carbocycles. The minimum atomic E-state index is 0.594. The van der Waals surface area contributed by atoms with Gasteiger partial charge in [0.05, 0.1) is 68.3 Å². The van der Waals surface area contributed by atoms with Crippen LogP contribution in [0.5, 0.6) is 0 Å². The highest BCUT2D eigenvalue weighted by atomic mass is 15.0. The standard InChI is InChI=1S/C56H28N6/c1-57-31-19-21-51-39(23-31)43-24-32(58-2)25-44-41-29-42-46-28-34(60-49-17-9-5-13-37(49)38-14-6-10-18-50(38)60)27-45-40-26-33(59-47-15-7-3-11-35(47)36-12-4-8-16-48(36)59)20-22-52(40)62(56(45)46)54(42)30-53(41)61(51)55(43)44/h3-30H. The second-order valence-electron chi connectivity index (χ2n) is 16.7. The Balaban J connectivity index is 1.13. The van der Waals surface area contributed by atoms with Crippen molar-refractivity contribution in [2.75, 3.05) is 0 Å². The summed E-state index contributed by atoms with van der Waals surface area (Å²) < 4.78 is 9.68. The minimum Gasteiger partial charge on any atom is -0.309 e. The summed E-state index contributed by atoms with van der Waals surface area (Å²) in [6, 6.07) is 61.4. The highest BCUT2D eigenvalue weighted by Gasteiger charge is 2.25. The molecule has 6 heteroatoms. The van der Waals surface area contributed by atoms with Gasteiger partial charge in [-0.15, -0.1) is 0 Å². The third kappa shape index (κ3) is 3.75. The highest BCUT2D eigenvalue weighted by Crippen LogP contribution is 2.48. The molecule has 0 aliphatic heterocycles. The third-order valence-corrected chi connectivity index (χ3v) is 13.8. The molecule has 0 saturated heterocycles. The van der Waals surface area contributed by atoms with Gasteiger partial charge in [-0.2, -0.15) is 0 Å². The maximum absolute atomic E-state index is 8.08. The van der Waals surface area contributed by atoms with Crippen LogP contribution in [0.3, 0.4) is 0 Å². The van der Waals surface area contributed by atoms with Crippen molar-refractivity contribution in [3.05, 3.63) is 193 Å². The van der Waals surface area contributed by atoms with E-state index in [1.54, 1.807) is 0 Å². The molecule has 0 saturated carbocycles. The molecule has 0 N–H and O–H groups in total. The number of fused-ring (bicyclic) bond motifs is 18. The predicted octanol–water partition coefficient (Wildman–Crippen LogP) is 15.3. The molecule has 6 heterocycles. The van der Waals surface area contributed by atoms with E-state index in [1.807, 2.05) is 24.3 Å². The van der Waals surface area contributed by atoms with Crippen LogP contribution in [-0.2, 0) is 0 Å². The summed E-state index contributed by atoms with van der Waals surface area (Å²) >= 11 is 0. The summed E-state index contributed by atoms with van der Waals surface area (Å²) in [7, 11) is 0. The summed E-state index contributed by atoms with van der Waals surface area (Å²) in [5.74, 6) is 0. The molecule has 15 aromatic rings. The van der Waals surface area contributed by atoms with Crippen molar-refractivity contribution in [2.24, 2.45) is 0 Å². The summed E-state index contributed by atoms with van der Waals surface area (Å²) in [5.41, 5.74) is 14.8. The van der Waals surface area contributed by atoms with Crippen LogP contribution in [0.4, 0.5) is 11.4 Å². The first-order valence-electron chi connectivity index (χ1n) is 20.8. The molecule has 15 rings (SSSR count). The summed E-state index contributed by atoms with van der Waals surface area (Å²) in [5, 5.41) is 13.9. The monoisotopic (exact) mass is 784 g/mol. The van der Waals surface area contributed by atoms with Crippen LogP contribution in [0.2, 0.25) is 0 Å². The largest absolute Gasteiger partial charge is 0.309 e. The van der Waals surface area contributed by atoms with E-state index in [9.17, 15) is 0 Å². The average molecular weight is 785 g/mol. The van der Waals surface area contributed by atoms with E-state index in [0.29, 0.717) is 11.4 Å². The Morgan fingerprint density at radius 3 is 1.16 bits per heavy atom. The van der Waals surface area contributed by atoms with E-state index < -0.39 is 0 Å². The van der Waals surface area contributed by atoms with E-state index in [4.69, 9.17) is 13.1 Å². The number of hydrogen-bond acceptors (Lipinski definition) is 0. The number of para-hydroxylation sites is 4. The maximum atomic E-state index is 8.08. The maximum Gasteiger partial charge on any atom is 0.188 e. The lowest BCUT2D eigenvalue weighted by Crippen LogP contribution is -1.94. The van der Waals surface area contributed by atoms with Crippen molar-refractivity contribution < 1.29 is 0 Å². The lowest BCUT2D eigenvalue weighted by atomic mass is 10.0. The third-order valence-electron chi connectivity index (χ3n) is 13.8. The molecule has 0 aliphatic rings. The molecule has 0 unspecified atom stereocenters. The quantitative estimate of drug-likeness (QED) is 0.156. The molecule has 0 amide bonds. The fourth-order valence-electron chi connectivity index (χ4n) is 11.3. The van der Waals surface area contributed by atoms with Crippen molar-refractivity contribution in [2.45, 2.75) is 0 Å². The number of hydrogen-bond donors (Lipinski definition) is 0. The van der Waals surface area contributed by atoms with E-state index in [0.717, 1.165) is 60.5 Å². The van der Waals surface area contributed by atoms with Gasteiger partial charge in [-0.3, -0.25) is 0 Å². The zero-order valence-corrected chi connectivity index (χ0v) is 32.8. The molecule has 6 nitrogen and oxygen atoms in total. The van der Waals surface area contributed by atoms with Gasteiger partial charge in [0.1, 0.15) is 0 Å². The van der Waals surface area contributed by atoms with Gasteiger partial charge in [-0.05, 0) is 107 Å². The highest BCUT2D eigenvalue weighted by molar-refractivity contribution is 6.30. The van der Waals surface area contributed by atoms with Gasteiger partial charge < -0.3 is 17.9 Å². The second-order valence-corrected chi connectivity index (χ2v) is 16.7.